The first-order valence-electron chi connectivity index (χ1n) is 6.04. The van der Waals surface area contributed by atoms with E-state index < -0.39 is 0 Å². The van der Waals surface area contributed by atoms with Crippen molar-refractivity contribution in [2.45, 2.75) is 46.0 Å². The molecule has 0 aliphatic heterocycles. The van der Waals surface area contributed by atoms with E-state index in [2.05, 4.69) is 6.92 Å². The van der Waals surface area contributed by atoms with Crippen LogP contribution in [0.3, 0.4) is 0 Å². The van der Waals surface area contributed by atoms with Crippen molar-refractivity contribution in [1.29, 1.82) is 0 Å². The average molecular weight is 220 g/mol. The molecule has 0 heterocycles. The van der Waals surface area contributed by atoms with Crippen molar-refractivity contribution >= 4 is 5.78 Å². The number of Topliss-reactive ketones (excluding diaryl/α,β-unsaturated/α-hetero) is 1. The summed E-state index contributed by atoms with van der Waals surface area (Å²) in [6, 6.07) is 5.29. The fraction of sp³-hybridized carbons (Fsp3) is 0.500. The van der Waals surface area contributed by atoms with Gasteiger partial charge in [0.2, 0.25) is 0 Å². The molecule has 0 radical (unpaired) electrons. The number of carbonyl (C=O) groups is 1. The van der Waals surface area contributed by atoms with Gasteiger partial charge in [0.15, 0.2) is 5.78 Å². The molecule has 2 heteroatoms. The monoisotopic (exact) mass is 220 g/mol. The molecule has 0 aromatic heterocycles. The summed E-state index contributed by atoms with van der Waals surface area (Å²) in [6.45, 7) is 4.15. The van der Waals surface area contributed by atoms with Crippen molar-refractivity contribution in [3.05, 3.63) is 29.3 Å². The summed E-state index contributed by atoms with van der Waals surface area (Å²) >= 11 is 0. The topological polar surface area (TPSA) is 37.3 Å². The van der Waals surface area contributed by atoms with E-state index in [1.807, 2.05) is 19.1 Å². The van der Waals surface area contributed by atoms with Gasteiger partial charge in [-0.05, 0) is 30.5 Å². The Balaban J connectivity index is 2.73. The van der Waals surface area contributed by atoms with Gasteiger partial charge in [-0.25, -0.2) is 0 Å². The SMILES string of the molecule is CCCCCC(=O)c1cc(CC)ccc1O. The zero-order valence-electron chi connectivity index (χ0n) is 10.1. The highest BCUT2D eigenvalue weighted by Crippen LogP contribution is 2.21. The first-order valence-corrected chi connectivity index (χ1v) is 6.04. The minimum absolute atomic E-state index is 0.0567. The second-order valence-electron chi connectivity index (χ2n) is 4.09. The summed E-state index contributed by atoms with van der Waals surface area (Å²) in [6.07, 6.45) is 4.50. The molecular weight excluding hydrogens is 200 g/mol. The number of rotatable bonds is 6. The molecule has 0 aliphatic rings. The molecular formula is C14H20O2. The molecule has 0 spiro atoms. The molecule has 0 bridgehead atoms. The lowest BCUT2D eigenvalue weighted by Gasteiger charge is -2.05. The van der Waals surface area contributed by atoms with Gasteiger partial charge in [-0.3, -0.25) is 4.79 Å². The molecule has 88 valence electrons. The van der Waals surface area contributed by atoms with Gasteiger partial charge in [0.1, 0.15) is 5.75 Å². The molecule has 2 nitrogen and oxygen atoms in total. The van der Waals surface area contributed by atoms with Crippen molar-refractivity contribution < 1.29 is 9.90 Å². The number of aryl methyl sites for hydroxylation is 1. The van der Waals surface area contributed by atoms with E-state index in [1.165, 1.54) is 0 Å². The van der Waals surface area contributed by atoms with Crippen LogP contribution in [-0.2, 0) is 6.42 Å². The summed E-state index contributed by atoms with van der Waals surface area (Å²) in [5.41, 5.74) is 1.58. The van der Waals surface area contributed by atoms with Gasteiger partial charge < -0.3 is 5.11 Å². The number of carbonyl (C=O) groups excluding carboxylic acids is 1. The quantitative estimate of drug-likeness (QED) is 0.586. The third-order valence-electron chi connectivity index (χ3n) is 2.78. The number of unbranched alkanes of at least 4 members (excludes halogenated alkanes) is 2. The number of phenolic OH excluding ortho intramolecular Hbond substituents is 1. The summed E-state index contributed by atoms with van der Waals surface area (Å²) in [7, 11) is 0. The Hall–Kier alpha value is -1.31. The fourth-order valence-corrected chi connectivity index (χ4v) is 1.70. The molecule has 1 aromatic rings. The highest BCUT2D eigenvalue weighted by molar-refractivity contribution is 5.98. The summed E-state index contributed by atoms with van der Waals surface area (Å²) in [4.78, 5) is 11.8. The van der Waals surface area contributed by atoms with E-state index in [-0.39, 0.29) is 11.5 Å². The molecule has 0 amide bonds. The molecule has 0 fully saturated rings. The van der Waals surface area contributed by atoms with Crippen LogP contribution in [0.15, 0.2) is 18.2 Å². The Labute approximate surface area is 97.3 Å². The van der Waals surface area contributed by atoms with Crippen LogP contribution in [0.4, 0.5) is 0 Å². The van der Waals surface area contributed by atoms with Crippen LogP contribution in [0.1, 0.15) is 55.5 Å². The molecule has 0 atom stereocenters. The van der Waals surface area contributed by atoms with Crippen molar-refractivity contribution in [2.24, 2.45) is 0 Å². The number of aromatic hydroxyl groups is 1. The smallest absolute Gasteiger partial charge is 0.166 e. The minimum atomic E-state index is 0.0567. The second-order valence-corrected chi connectivity index (χ2v) is 4.09. The molecule has 1 aromatic carbocycles. The fourth-order valence-electron chi connectivity index (χ4n) is 1.70. The van der Waals surface area contributed by atoms with Crippen LogP contribution in [0.2, 0.25) is 0 Å². The van der Waals surface area contributed by atoms with Crippen molar-refractivity contribution in [2.75, 3.05) is 0 Å². The maximum atomic E-state index is 11.8. The van der Waals surface area contributed by atoms with Crippen molar-refractivity contribution in [3.63, 3.8) is 0 Å². The molecule has 0 unspecified atom stereocenters. The molecule has 1 rings (SSSR count). The largest absolute Gasteiger partial charge is 0.507 e. The molecule has 0 aliphatic carbocycles. The van der Waals surface area contributed by atoms with E-state index in [4.69, 9.17) is 0 Å². The van der Waals surface area contributed by atoms with Gasteiger partial charge in [0, 0.05) is 6.42 Å². The number of ketones is 1. The third kappa shape index (κ3) is 3.37. The summed E-state index contributed by atoms with van der Waals surface area (Å²) < 4.78 is 0. The number of benzene rings is 1. The Morgan fingerprint density at radius 1 is 1.25 bits per heavy atom. The van der Waals surface area contributed by atoms with Gasteiger partial charge in [0.25, 0.3) is 0 Å². The maximum Gasteiger partial charge on any atom is 0.166 e. The van der Waals surface area contributed by atoms with Gasteiger partial charge in [-0.1, -0.05) is 32.8 Å². The van der Waals surface area contributed by atoms with Crippen LogP contribution >= 0.6 is 0 Å². The molecule has 0 saturated carbocycles. The van der Waals surface area contributed by atoms with Gasteiger partial charge in [0.05, 0.1) is 5.56 Å². The number of hydrogen-bond donors (Lipinski definition) is 1. The Kier molecular flexibility index (Phi) is 5.03. The van der Waals surface area contributed by atoms with Crippen LogP contribution in [0.25, 0.3) is 0 Å². The van der Waals surface area contributed by atoms with Crippen LogP contribution in [-0.4, -0.2) is 10.9 Å². The lowest BCUT2D eigenvalue weighted by molar-refractivity contribution is 0.0976. The Morgan fingerprint density at radius 3 is 2.62 bits per heavy atom. The molecule has 16 heavy (non-hydrogen) atoms. The van der Waals surface area contributed by atoms with E-state index in [0.717, 1.165) is 31.2 Å². The normalized spacial score (nSPS) is 10.4. The zero-order valence-corrected chi connectivity index (χ0v) is 10.1. The maximum absolute atomic E-state index is 11.8. The van der Waals surface area contributed by atoms with Gasteiger partial charge in [-0.2, -0.15) is 0 Å². The third-order valence-corrected chi connectivity index (χ3v) is 2.78. The standard InChI is InChI=1S/C14H20O2/c1-3-5-6-7-13(15)12-10-11(4-2)8-9-14(12)16/h8-10,16H,3-7H2,1-2H3. The molecule has 1 N–H and O–H groups in total. The first kappa shape index (κ1) is 12.8. The van der Waals surface area contributed by atoms with E-state index in [1.54, 1.807) is 6.07 Å². The number of phenols is 1. The van der Waals surface area contributed by atoms with Crippen molar-refractivity contribution in [3.8, 4) is 5.75 Å². The predicted molar refractivity (Wildman–Crippen MR) is 66.0 cm³/mol. The van der Waals surface area contributed by atoms with Crippen LogP contribution in [0, 0.1) is 0 Å². The lowest BCUT2D eigenvalue weighted by atomic mass is 10.0. The number of hydrogen-bond acceptors (Lipinski definition) is 2. The van der Waals surface area contributed by atoms with Gasteiger partial charge in [-0.15, -0.1) is 0 Å². The van der Waals surface area contributed by atoms with E-state index in [9.17, 15) is 9.90 Å². The summed E-state index contributed by atoms with van der Waals surface area (Å²) in [5, 5.41) is 9.64. The first-order chi connectivity index (χ1) is 7.69. The van der Waals surface area contributed by atoms with Crippen LogP contribution < -0.4 is 0 Å². The van der Waals surface area contributed by atoms with Crippen LogP contribution in [0.5, 0.6) is 5.75 Å². The Morgan fingerprint density at radius 2 is 2.00 bits per heavy atom. The van der Waals surface area contributed by atoms with Crippen molar-refractivity contribution in [1.82, 2.24) is 0 Å². The molecule has 0 saturated heterocycles. The predicted octanol–water partition coefficient (Wildman–Crippen LogP) is 3.72. The van der Waals surface area contributed by atoms with E-state index in [0.29, 0.717) is 12.0 Å². The summed E-state index contributed by atoms with van der Waals surface area (Å²) in [5.74, 6) is 0.167. The highest BCUT2D eigenvalue weighted by atomic mass is 16.3. The second kappa shape index (κ2) is 6.31. The van der Waals surface area contributed by atoms with Gasteiger partial charge >= 0.3 is 0 Å². The zero-order chi connectivity index (χ0) is 12.0. The lowest BCUT2D eigenvalue weighted by Crippen LogP contribution is -2.00. The Bertz CT molecular complexity index is 356. The average Bonchev–Trinajstić information content (AvgIpc) is 2.30. The minimum Gasteiger partial charge on any atom is -0.507 e. The van der Waals surface area contributed by atoms with E-state index >= 15 is 0 Å². The highest BCUT2D eigenvalue weighted by Gasteiger charge is 2.10.